The van der Waals surface area contributed by atoms with Gasteiger partial charge in [0.2, 0.25) is 0 Å². The van der Waals surface area contributed by atoms with Crippen LogP contribution in [0.25, 0.3) is 22.2 Å². The number of nitrogens with one attached hydrogen (secondary N) is 1. The molecule has 0 aliphatic rings. The van der Waals surface area contributed by atoms with Crippen molar-refractivity contribution in [3.63, 3.8) is 0 Å². The van der Waals surface area contributed by atoms with E-state index in [9.17, 15) is 4.79 Å². The summed E-state index contributed by atoms with van der Waals surface area (Å²) >= 11 is 0. The van der Waals surface area contributed by atoms with Crippen LogP contribution in [0.1, 0.15) is 24.2 Å². The Bertz CT molecular complexity index is 1220. The highest BCUT2D eigenvalue weighted by atomic mass is 16.1. The van der Waals surface area contributed by atoms with Crippen molar-refractivity contribution in [2.75, 3.05) is 11.9 Å². The third-order valence-electron chi connectivity index (χ3n) is 4.84. The minimum absolute atomic E-state index is 0.0437. The summed E-state index contributed by atoms with van der Waals surface area (Å²) in [5.41, 5.74) is 3.31. The predicted octanol–water partition coefficient (Wildman–Crippen LogP) is 2.70. The lowest BCUT2D eigenvalue weighted by atomic mass is 9.98. The van der Waals surface area contributed by atoms with Crippen molar-refractivity contribution >= 4 is 16.7 Å². The van der Waals surface area contributed by atoms with Gasteiger partial charge in [-0.2, -0.15) is 0 Å². The van der Waals surface area contributed by atoms with Crippen LogP contribution in [-0.2, 0) is 7.05 Å². The van der Waals surface area contributed by atoms with E-state index in [4.69, 9.17) is 0 Å². The molecule has 8 heteroatoms. The normalized spacial score (nSPS) is 12.1. The van der Waals surface area contributed by atoms with Gasteiger partial charge in [-0.05, 0) is 18.6 Å². The Balaban J connectivity index is 1.55. The molecule has 0 amide bonds. The Hall–Kier alpha value is -3.68. The average Bonchev–Trinajstić information content (AvgIpc) is 2.75. The molecule has 8 nitrogen and oxygen atoms in total. The molecular weight excluding hydrogens is 366 g/mol. The van der Waals surface area contributed by atoms with Gasteiger partial charge in [-0.3, -0.25) is 4.79 Å². The molecule has 0 fully saturated rings. The molecule has 1 unspecified atom stereocenters. The summed E-state index contributed by atoms with van der Waals surface area (Å²) in [4.78, 5) is 33.9. The zero-order valence-electron chi connectivity index (χ0n) is 16.5. The molecule has 4 aromatic rings. The quantitative estimate of drug-likeness (QED) is 0.562. The number of anilines is 1. The molecule has 0 saturated carbocycles. The highest BCUT2D eigenvalue weighted by Gasteiger charge is 2.13. The number of hydrogen-bond donors (Lipinski definition) is 1. The van der Waals surface area contributed by atoms with Crippen LogP contribution in [0.3, 0.4) is 0 Å². The number of aryl methyl sites for hydroxylation is 2. The molecule has 1 aromatic carbocycles. The minimum Gasteiger partial charge on any atom is -0.369 e. The summed E-state index contributed by atoms with van der Waals surface area (Å²) in [6, 6.07) is 7.60. The second-order valence-corrected chi connectivity index (χ2v) is 6.99. The first-order chi connectivity index (χ1) is 14.0. The largest absolute Gasteiger partial charge is 0.369 e. The first-order valence-corrected chi connectivity index (χ1v) is 9.32. The molecule has 1 N–H and O–H groups in total. The Morgan fingerprint density at radius 2 is 1.90 bits per heavy atom. The lowest BCUT2D eigenvalue weighted by molar-refractivity contribution is 0.798. The number of hydrogen-bond acceptors (Lipinski definition) is 7. The summed E-state index contributed by atoms with van der Waals surface area (Å²) < 4.78 is 1.49. The molecular formula is C21H21N7O. The van der Waals surface area contributed by atoms with Crippen molar-refractivity contribution in [2.24, 2.45) is 7.05 Å². The fraction of sp³-hybridized carbons (Fsp3) is 0.238. The van der Waals surface area contributed by atoms with Crippen LogP contribution in [0.2, 0.25) is 0 Å². The van der Waals surface area contributed by atoms with Gasteiger partial charge in [-0.15, -0.1) is 0 Å². The summed E-state index contributed by atoms with van der Waals surface area (Å²) in [5, 5.41) is 3.98. The maximum atomic E-state index is 12.4. The van der Waals surface area contributed by atoms with E-state index < -0.39 is 0 Å². The zero-order chi connectivity index (χ0) is 20.4. The van der Waals surface area contributed by atoms with E-state index in [1.807, 2.05) is 31.2 Å². The molecule has 0 radical (unpaired) electrons. The Kier molecular flexibility index (Phi) is 4.99. The number of para-hydroxylation sites is 1. The first kappa shape index (κ1) is 18.7. The number of aromatic nitrogens is 6. The second-order valence-electron chi connectivity index (χ2n) is 6.99. The van der Waals surface area contributed by atoms with Gasteiger partial charge in [0.05, 0.1) is 22.9 Å². The number of benzene rings is 1. The first-order valence-electron chi connectivity index (χ1n) is 9.32. The van der Waals surface area contributed by atoms with E-state index in [1.165, 1.54) is 10.9 Å². The molecule has 0 aliphatic heterocycles. The average molecular weight is 387 g/mol. The van der Waals surface area contributed by atoms with Crippen molar-refractivity contribution in [1.29, 1.82) is 0 Å². The van der Waals surface area contributed by atoms with Crippen LogP contribution < -0.4 is 10.9 Å². The molecule has 1 atom stereocenters. The van der Waals surface area contributed by atoms with E-state index in [2.05, 4.69) is 37.2 Å². The van der Waals surface area contributed by atoms with Crippen LogP contribution >= 0.6 is 0 Å². The Morgan fingerprint density at radius 3 is 2.69 bits per heavy atom. The fourth-order valence-electron chi connectivity index (χ4n) is 3.17. The third kappa shape index (κ3) is 3.82. The molecule has 146 valence electrons. The van der Waals surface area contributed by atoms with Crippen molar-refractivity contribution in [1.82, 2.24) is 29.5 Å². The van der Waals surface area contributed by atoms with Gasteiger partial charge < -0.3 is 9.88 Å². The molecule has 0 saturated heterocycles. The highest BCUT2D eigenvalue weighted by Crippen LogP contribution is 2.23. The summed E-state index contributed by atoms with van der Waals surface area (Å²) in [7, 11) is 1.71. The highest BCUT2D eigenvalue weighted by molar-refractivity contribution is 5.81. The molecule has 3 aromatic heterocycles. The van der Waals surface area contributed by atoms with Crippen molar-refractivity contribution in [3.05, 3.63) is 71.1 Å². The summed E-state index contributed by atoms with van der Waals surface area (Å²) in [6.45, 7) is 4.57. The van der Waals surface area contributed by atoms with Crippen LogP contribution in [0.15, 0.2) is 54.1 Å². The summed E-state index contributed by atoms with van der Waals surface area (Å²) in [5.74, 6) is 1.56. The van der Waals surface area contributed by atoms with E-state index in [0.29, 0.717) is 23.6 Å². The van der Waals surface area contributed by atoms with Gasteiger partial charge >= 0.3 is 0 Å². The standard InChI is InChI=1S/C21H21N7O/c1-13(16-5-4-6-17-20(16)27-12-28(3)21(17)29)8-24-19-7-18(25-11-26-19)15-9-22-14(2)23-10-15/h4-7,9-13H,8H2,1-3H3,(H,24,25,26). The molecule has 3 heterocycles. The van der Waals surface area contributed by atoms with Gasteiger partial charge in [-0.25, -0.2) is 24.9 Å². The topological polar surface area (TPSA) is 98.5 Å². The Morgan fingerprint density at radius 1 is 1.10 bits per heavy atom. The molecule has 0 spiro atoms. The number of fused-ring (bicyclic) bond motifs is 1. The maximum Gasteiger partial charge on any atom is 0.260 e. The SMILES string of the molecule is Cc1ncc(-c2cc(NCC(C)c3cccc4c(=O)n(C)cnc34)ncn2)cn1. The van der Waals surface area contributed by atoms with Gasteiger partial charge in [0.25, 0.3) is 5.56 Å². The van der Waals surface area contributed by atoms with E-state index in [1.54, 1.807) is 25.8 Å². The van der Waals surface area contributed by atoms with E-state index in [-0.39, 0.29) is 11.5 Å². The predicted molar refractivity (Wildman–Crippen MR) is 112 cm³/mol. The minimum atomic E-state index is -0.0437. The molecule has 29 heavy (non-hydrogen) atoms. The fourth-order valence-corrected chi connectivity index (χ4v) is 3.17. The van der Waals surface area contributed by atoms with E-state index in [0.717, 1.165) is 22.3 Å². The molecule has 0 bridgehead atoms. The molecule has 0 aliphatic carbocycles. The number of nitrogens with zero attached hydrogens (tertiary/aromatic N) is 6. The molecule has 4 rings (SSSR count). The van der Waals surface area contributed by atoms with Crippen molar-refractivity contribution < 1.29 is 0 Å². The zero-order valence-corrected chi connectivity index (χ0v) is 16.5. The monoisotopic (exact) mass is 387 g/mol. The van der Waals surface area contributed by atoms with Crippen molar-refractivity contribution in [3.8, 4) is 11.3 Å². The summed E-state index contributed by atoms with van der Waals surface area (Å²) in [6.07, 6.45) is 6.58. The van der Waals surface area contributed by atoms with Gasteiger partial charge in [0.15, 0.2) is 0 Å². The Labute approximate surface area is 167 Å². The van der Waals surface area contributed by atoms with Crippen molar-refractivity contribution in [2.45, 2.75) is 19.8 Å². The maximum absolute atomic E-state index is 12.4. The number of rotatable bonds is 5. The van der Waals surface area contributed by atoms with Gasteiger partial charge in [-0.1, -0.05) is 19.1 Å². The second kappa shape index (κ2) is 7.75. The van der Waals surface area contributed by atoms with Crippen LogP contribution in [0.5, 0.6) is 0 Å². The third-order valence-corrected chi connectivity index (χ3v) is 4.84. The van der Waals surface area contributed by atoms with Gasteiger partial charge in [0.1, 0.15) is 18.0 Å². The van der Waals surface area contributed by atoms with Crippen LogP contribution in [-0.4, -0.2) is 36.0 Å². The van der Waals surface area contributed by atoms with E-state index >= 15 is 0 Å². The van der Waals surface area contributed by atoms with Gasteiger partial charge in [0, 0.05) is 43.5 Å². The van der Waals surface area contributed by atoms with Crippen LogP contribution in [0.4, 0.5) is 5.82 Å². The lowest BCUT2D eigenvalue weighted by Gasteiger charge is -2.15. The smallest absolute Gasteiger partial charge is 0.260 e. The van der Waals surface area contributed by atoms with Crippen LogP contribution in [0, 0.1) is 6.92 Å². The lowest BCUT2D eigenvalue weighted by Crippen LogP contribution is -2.18.